The van der Waals surface area contributed by atoms with Gasteiger partial charge >= 0.3 is 0 Å². The Morgan fingerprint density at radius 1 is 1.10 bits per heavy atom. The van der Waals surface area contributed by atoms with E-state index in [4.69, 9.17) is 11.5 Å². The third kappa shape index (κ3) is 4.26. The molecule has 1 aromatic rings. The summed E-state index contributed by atoms with van der Waals surface area (Å²) < 4.78 is 0. The van der Waals surface area contributed by atoms with Gasteiger partial charge in [0, 0.05) is 13.1 Å². The van der Waals surface area contributed by atoms with E-state index in [-0.39, 0.29) is 5.96 Å². The minimum Gasteiger partial charge on any atom is -0.369 e. The van der Waals surface area contributed by atoms with Gasteiger partial charge in [-0.3, -0.25) is 0 Å². The number of nitrogens with zero attached hydrogens (tertiary/aromatic N) is 3. The van der Waals surface area contributed by atoms with Gasteiger partial charge in [-0.25, -0.2) is 4.99 Å². The maximum atomic E-state index is 5.95. The molecule has 20 heavy (non-hydrogen) atoms. The van der Waals surface area contributed by atoms with Crippen molar-refractivity contribution in [1.82, 2.24) is 4.90 Å². The van der Waals surface area contributed by atoms with E-state index >= 15 is 0 Å². The number of aliphatic imine (C=N–C) groups is 2. The molecule has 1 aliphatic heterocycles. The highest BCUT2D eigenvalue weighted by atomic mass is 15.3. The molecule has 0 amide bonds. The van der Waals surface area contributed by atoms with E-state index in [0.717, 1.165) is 31.5 Å². The van der Waals surface area contributed by atoms with Gasteiger partial charge in [-0.05, 0) is 31.7 Å². The Morgan fingerprint density at radius 3 is 2.40 bits per heavy atom. The van der Waals surface area contributed by atoms with E-state index in [1.807, 2.05) is 12.1 Å². The molecule has 1 fully saturated rings. The van der Waals surface area contributed by atoms with Crippen LogP contribution in [0.1, 0.15) is 30.4 Å². The lowest BCUT2D eigenvalue weighted by molar-refractivity contribution is 0.339. The molecule has 5 nitrogen and oxygen atoms in total. The van der Waals surface area contributed by atoms with Crippen molar-refractivity contribution in [2.24, 2.45) is 21.5 Å². The summed E-state index contributed by atoms with van der Waals surface area (Å²) in [7, 11) is 0. The molecular formula is C15H23N5. The smallest absolute Gasteiger partial charge is 0.218 e. The van der Waals surface area contributed by atoms with Gasteiger partial charge in [0.25, 0.3) is 0 Å². The Bertz CT molecular complexity index is 483. The van der Waals surface area contributed by atoms with Crippen molar-refractivity contribution in [3.8, 4) is 0 Å². The molecule has 1 aliphatic rings. The number of nitrogens with two attached hydrogens (primary N) is 2. The van der Waals surface area contributed by atoms with Crippen LogP contribution in [-0.4, -0.2) is 29.9 Å². The first-order valence-corrected chi connectivity index (χ1v) is 7.10. The lowest BCUT2D eigenvalue weighted by Crippen LogP contribution is -2.41. The SMILES string of the molecule is Cc1ccc(CN=C(N)/N=C(\N)N2CCCCC2)cc1. The summed E-state index contributed by atoms with van der Waals surface area (Å²) in [6.45, 7) is 4.51. The molecule has 0 radical (unpaired) electrons. The molecule has 0 saturated carbocycles. The van der Waals surface area contributed by atoms with Gasteiger partial charge in [-0.15, -0.1) is 0 Å². The summed E-state index contributed by atoms with van der Waals surface area (Å²) in [5.74, 6) is 0.725. The normalized spacial score (nSPS) is 17.4. The van der Waals surface area contributed by atoms with Crippen LogP contribution in [0.25, 0.3) is 0 Å². The molecule has 0 atom stereocenters. The van der Waals surface area contributed by atoms with Crippen LogP contribution in [0, 0.1) is 6.92 Å². The predicted octanol–water partition coefficient (Wildman–Crippen LogP) is 1.61. The van der Waals surface area contributed by atoms with Crippen molar-refractivity contribution < 1.29 is 0 Å². The molecular weight excluding hydrogens is 250 g/mol. The number of piperidine rings is 1. The molecule has 0 bridgehead atoms. The number of benzene rings is 1. The van der Waals surface area contributed by atoms with Crippen molar-refractivity contribution in [1.29, 1.82) is 0 Å². The topological polar surface area (TPSA) is 80.0 Å². The number of hydrogen-bond acceptors (Lipinski definition) is 1. The van der Waals surface area contributed by atoms with Crippen molar-refractivity contribution in [2.75, 3.05) is 13.1 Å². The van der Waals surface area contributed by atoms with Crippen molar-refractivity contribution in [3.05, 3.63) is 35.4 Å². The van der Waals surface area contributed by atoms with Crippen LogP contribution in [-0.2, 0) is 6.54 Å². The van der Waals surface area contributed by atoms with Crippen LogP contribution in [0.3, 0.4) is 0 Å². The van der Waals surface area contributed by atoms with Crippen LogP contribution in [0.4, 0.5) is 0 Å². The highest BCUT2D eigenvalue weighted by Crippen LogP contribution is 2.08. The number of likely N-dealkylation sites (tertiary alicyclic amines) is 1. The number of aryl methyl sites for hydroxylation is 1. The fourth-order valence-corrected chi connectivity index (χ4v) is 2.21. The molecule has 1 aromatic carbocycles. The predicted molar refractivity (Wildman–Crippen MR) is 83.6 cm³/mol. The monoisotopic (exact) mass is 273 g/mol. The second-order valence-corrected chi connectivity index (χ2v) is 5.18. The summed E-state index contributed by atoms with van der Waals surface area (Å²) in [5, 5.41) is 0. The van der Waals surface area contributed by atoms with Crippen LogP contribution >= 0.6 is 0 Å². The summed E-state index contributed by atoms with van der Waals surface area (Å²) in [4.78, 5) is 10.5. The molecule has 2 rings (SSSR count). The lowest BCUT2D eigenvalue weighted by atomic mass is 10.1. The molecule has 0 aliphatic carbocycles. The number of hydrogen-bond donors (Lipinski definition) is 2. The van der Waals surface area contributed by atoms with E-state index < -0.39 is 0 Å². The Kier molecular flexibility index (Phi) is 4.98. The highest BCUT2D eigenvalue weighted by molar-refractivity contribution is 5.93. The minimum atomic E-state index is 0.244. The van der Waals surface area contributed by atoms with E-state index in [2.05, 4.69) is 33.9 Å². The Labute approximate surface area is 120 Å². The van der Waals surface area contributed by atoms with Crippen molar-refractivity contribution in [3.63, 3.8) is 0 Å². The third-order valence-corrected chi connectivity index (χ3v) is 3.45. The zero-order chi connectivity index (χ0) is 14.4. The second kappa shape index (κ2) is 6.93. The average molecular weight is 273 g/mol. The van der Waals surface area contributed by atoms with Crippen LogP contribution in [0.2, 0.25) is 0 Å². The molecule has 0 unspecified atom stereocenters. The molecule has 5 heteroatoms. The summed E-state index contributed by atoms with van der Waals surface area (Å²) >= 11 is 0. The zero-order valence-electron chi connectivity index (χ0n) is 12.0. The van der Waals surface area contributed by atoms with E-state index in [9.17, 15) is 0 Å². The van der Waals surface area contributed by atoms with Gasteiger partial charge in [0.2, 0.25) is 5.96 Å². The van der Waals surface area contributed by atoms with E-state index in [1.54, 1.807) is 0 Å². The van der Waals surface area contributed by atoms with Crippen LogP contribution in [0.15, 0.2) is 34.3 Å². The first-order valence-electron chi connectivity index (χ1n) is 7.10. The van der Waals surface area contributed by atoms with Gasteiger partial charge in [0.1, 0.15) is 0 Å². The number of guanidine groups is 2. The molecule has 1 heterocycles. The Hall–Kier alpha value is -2.04. The van der Waals surface area contributed by atoms with Gasteiger partial charge in [0.05, 0.1) is 6.54 Å². The lowest BCUT2D eigenvalue weighted by Gasteiger charge is -2.27. The fraction of sp³-hybridized carbons (Fsp3) is 0.467. The van der Waals surface area contributed by atoms with E-state index in [1.165, 1.54) is 12.0 Å². The maximum absolute atomic E-state index is 5.95. The Morgan fingerprint density at radius 2 is 1.75 bits per heavy atom. The Balaban J connectivity index is 1.93. The van der Waals surface area contributed by atoms with Crippen molar-refractivity contribution >= 4 is 11.9 Å². The largest absolute Gasteiger partial charge is 0.369 e. The third-order valence-electron chi connectivity index (χ3n) is 3.45. The van der Waals surface area contributed by atoms with Crippen LogP contribution in [0.5, 0.6) is 0 Å². The molecule has 1 saturated heterocycles. The van der Waals surface area contributed by atoms with E-state index in [0.29, 0.717) is 12.5 Å². The van der Waals surface area contributed by atoms with Gasteiger partial charge in [0.15, 0.2) is 5.96 Å². The van der Waals surface area contributed by atoms with Gasteiger partial charge in [-0.1, -0.05) is 29.8 Å². The van der Waals surface area contributed by atoms with Crippen LogP contribution < -0.4 is 11.5 Å². The first-order chi connectivity index (χ1) is 9.65. The number of rotatable bonds is 2. The fourth-order valence-electron chi connectivity index (χ4n) is 2.21. The quantitative estimate of drug-likeness (QED) is 0.634. The maximum Gasteiger partial charge on any atom is 0.218 e. The summed E-state index contributed by atoms with van der Waals surface area (Å²) in [6, 6.07) is 8.21. The zero-order valence-corrected chi connectivity index (χ0v) is 12.0. The van der Waals surface area contributed by atoms with Gasteiger partial charge in [-0.2, -0.15) is 4.99 Å². The first kappa shape index (κ1) is 14.4. The van der Waals surface area contributed by atoms with Gasteiger partial charge < -0.3 is 16.4 Å². The summed E-state index contributed by atoms with van der Waals surface area (Å²) in [6.07, 6.45) is 3.59. The average Bonchev–Trinajstić information content (AvgIpc) is 2.47. The molecule has 0 spiro atoms. The van der Waals surface area contributed by atoms with Crippen molar-refractivity contribution in [2.45, 2.75) is 32.7 Å². The minimum absolute atomic E-state index is 0.244. The molecule has 0 aromatic heterocycles. The summed E-state index contributed by atoms with van der Waals surface area (Å²) in [5.41, 5.74) is 14.1. The standard InChI is InChI=1S/C15H23N5/c1-12-5-7-13(8-6-12)11-18-14(16)19-15(17)20-9-3-2-4-10-20/h5-8H,2-4,9-11H2,1H3,(H4,16,17,18,19). The molecule has 4 N–H and O–H groups in total. The molecule has 108 valence electrons. The highest BCUT2D eigenvalue weighted by Gasteiger charge is 2.11. The second-order valence-electron chi connectivity index (χ2n) is 5.18.